The Balaban J connectivity index is 1.37. The Hall–Kier alpha value is -3.05. The van der Waals surface area contributed by atoms with Crippen LogP contribution in [0.1, 0.15) is 51.4 Å². The van der Waals surface area contributed by atoms with Gasteiger partial charge < -0.3 is 5.32 Å². The van der Waals surface area contributed by atoms with Gasteiger partial charge in [0.05, 0.1) is 0 Å². The van der Waals surface area contributed by atoms with E-state index < -0.39 is 0 Å². The highest BCUT2D eigenvalue weighted by Crippen LogP contribution is 2.31. The Morgan fingerprint density at radius 2 is 1.69 bits per heavy atom. The molecular formula is C27H28F2N2O. The summed E-state index contributed by atoms with van der Waals surface area (Å²) in [4.78, 5) is 15.0. The van der Waals surface area contributed by atoms with E-state index in [-0.39, 0.29) is 17.5 Å². The molecule has 0 saturated carbocycles. The van der Waals surface area contributed by atoms with Gasteiger partial charge in [0, 0.05) is 18.7 Å². The lowest BCUT2D eigenvalue weighted by Crippen LogP contribution is -2.33. The van der Waals surface area contributed by atoms with Crippen LogP contribution in [0.4, 0.5) is 8.78 Å². The van der Waals surface area contributed by atoms with Gasteiger partial charge in [-0.05, 0) is 85.3 Å². The maximum absolute atomic E-state index is 13.8. The lowest BCUT2D eigenvalue weighted by atomic mass is 9.86. The highest BCUT2D eigenvalue weighted by molar-refractivity contribution is 5.95. The van der Waals surface area contributed by atoms with Gasteiger partial charge >= 0.3 is 0 Å². The molecular weight excluding hydrogens is 406 g/mol. The van der Waals surface area contributed by atoms with E-state index in [0.717, 1.165) is 43.6 Å². The molecule has 0 spiro atoms. The summed E-state index contributed by atoms with van der Waals surface area (Å²) in [5.41, 5.74) is 4.24. The number of amides is 1. The van der Waals surface area contributed by atoms with E-state index in [4.69, 9.17) is 0 Å². The van der Waals surface area contributed by atoms with Gasteiger partial charge in [-0.2, -0.15) is 0 Å². The fourth-order valence-corrected chi connectivity index (χ4v) is 4.47. The number of nitrogens with zero attached hydrogens (tertiary/aromatic N) is 1. The zero-order chi connectivity index (χ0) is 22.5. The lowest BCUT2D eigenvalue weighted by molar-refractivity contribution is 0.0949. The zero-order valence-electron chi connectivity index (χ0n) is 18.3. The van der Waals surface area contributed by atoms with Gasteiger partial charge in [-0.3, -0.25) is 9.69 Å². The molecule has 4 rings (SSSR count). The van der Waals surface area contributed by atoms with Gasteiger partial charge in [0.1, 0.15) is 11.6 Å². The normalized spacial score (nSPS) is 15.0. The zero-order valence-corrected chi connectivity index (χ0v) is 18.3. The number of piperidine rings is 1. The molecule has 3 aromatic rings. The summed E-state index contributed by atoms with van der Waals surface area (Å²) >= 11 is 0. The van der Waals surface area contributed by atoms with Gasteiger partial charge in [-0.15, -0.1) is 0 Å². The quantitative estimate of drug-likeness (QED) is 0.549. The Morgan fingerprint density at radius 1 is 0.969 bits per heavy atom. The number of hydrogen-bond acceptors (Lipinski definition) is 2. The first-order valence-corrected chi connectivity index (χ1v) is 11.1. The molecule has 0 bridgehead atoms. The van der Waals surface area contributed by atoms with Crippen LogP contribution in [0.5, 0.6) is 0 Å². The first kappa shape index (κ1) is 22.2. The summed E-state index contributed by atoms with van der Waals surface area (Å²) in [6, 6.07) is 19.5. The molecule has 0 radical (unpaired) electrons. The fourth-order valence-electron chi connectivity index (χ4n) is 4.47. The maximum Gasteiger partial charge on any atom is 0.251 e. The first-order chi connectivity index (χ1) is 15.5. The van der Waals surface area contributed by atoms with Crippen LogP contribution in [0.25, 0.3) is 0 Å². The number of hydrogen-bond donors (Lipinski definition) is 1. The predicted octanol–water partition coefficient (Wildman–Crippen LogP) is 5.58. The van der Waals surface area contributed by atoms with Crippen molar-refractivity contribution in [1.82, 2.24) is 10.2 Å². The maximum atomic E-state index is 13.8. The van der Waals surface area contributed by atoms with Crippen molar-refractivity contribution in [1.29, 1.82) is 0 Å². The number of carbonyl (C=O) groups excluding carboxylic acids is 1. The Kier molecular flexibility index (Phi) is 6.96. The number of halogens is 2. The molecule has 32 heavy (non-hydrogen) atoms. The third-order valence-electron chi connectivity index (χ3n) is 6.35. The topological polar surface area (TPSA) is 32.3 Å². The molecule has 0 aliphatic carbocycles. The minimum absolute atomic E-state index is 0.205. The molecule has 1 aliphatic rings. The van der Waals surface area contributed by atoms with E-state index in [0.29, 0.717) is 23.6 Å². The molecule has 0 unspecified atom stereocenters. The van der Waals surface area contributed by atoms with E-state index in [1.807, 2.05) is 24.3 Å². The van der Waals surface area contributed by atoms with Crippen molar-refractivity contribution in [2.24, 2.45) is 0 Å². The van der Waals surface area contributed by atoms with Crippen LogP contribution < -0.4 is 5.32 Å². The van der Waals surface area contributed by atoms with Crippen molar-refractivity contribution in [2.75, 3.05) is 13.1 Å². The third-order valence-corrected chi connectivity index (χ3v) is 6.35. The second kappa shape index (κ2) is 10.0. The summed E-state index contributed by atoms with van der Waals surface area (Å²) in [7, 11) is 0. The van der Waals surface area contributed by atoms with Crippen molar-refractivity contribution in [2.45, 2.75) is 38.8 Å². The van der Waals surface area contributed by atoms with Crippen LogP contribution in [0.3, 0.4) is 0 Å². The number of likely N-dealkylation sites (tertiary alicyclic amines) is 1. The van der Waals surface area contributed by atoms with Crippen LogP contribution in [0.15, 0.2) is 66.7 Å². The molecule has 1 aliphatic heterocycles. The van der Waals surface area contributed by atoms with Crippen LogP contribution in [-0.2, 0) is 13.1 Å². The second-order valence-electron chi connectivity index (χ2n) is 8.47. The molecule has 0 atom stereocenters. The SMILES string of the molecule is Cc1c(F)cccc1C(=O)NCc1ccccc1C1CCN(Cc2ccc(F)cc2)CC1. The molecule has 3 aromatic carbocycles. The average molecular weight is 435 g/mol. The monoisotopic (exact) mass is 434 g/mol. The molecule has 1 heterocycles. The number of nitrogens with one attached hydrogen (secondary N) is 1. The summed E-state index contributed by atoms with van der Waals surface area (Å²) in [5, 5.41) is 2.96. The molecule has 166 valence electrons. The molecule has 1 fully saturated rings. The van der Waals surface area contributed by atoms with Crippen LogP contribution >= 0.6 is 0 Å². The van der Waals surface area contributed by atoms with E-state index in [1.54, 1.807) is 19.1 Å². The van der Waals surface area contributed by atoms with Gasteiger partial charge in [-0.1, -0.05) is 42.5 Å². The van der Waals surface area contributed by atoms with Crippen molar-refractivity contribution in [3.63, 3.8) is 0 Å². The van der Waals surface area contributed by atoms with E-state index in [9.17, 15) is 13.6 Å². The minimum atomic E-state index is -0.370. The highest BCUT2D eigenvalue weighted by atomic mass is 19.1. The third kappa shape index (κ3) is 5.22. The fraction of sp³-hybridized carbons (Fsp3) is 0.296. The predicted molar refractivity (Wildman–Crippen MR) is 122 cm³/mol. The lowest BCUT2D eigenvalue weighted by Gasteiger charge is -2.33. The van der Waals surface area contributed by atoms with Gasteiger partial charge in [0.2, 0.25) is 0 Å². The summed E-state index contributed by atoms with van der Waals surface area (Å²) in [6.07, 6.45) is 2.07. The number of benzene rings is 3. The van der Waals surface area contributed by atoms with Crippen LogP contribution in [-0.4, -0.2) is 23.9 Å². The number of carbonyl (C=O) groups is 1. The van der Waals surface area contributed by atoms with Crippen LogP contribution in [0.2, 0.25) is 0 Å². The van der Waals surface area contributed by atoms with Crippen molar-refractivity contribution in [3.05, 3.63) is 106 Å². The van der Waals surface area contributed by atoms with E-state index >= 15 is 0 Å². The molecule has 3 nitrogen and oxygen atoms in total. The second-order valence-corrected chi connectivity index (χ2v) is 8.47. The molecule has 1 N–H and O–H groups in total. The Bertz CT molecular complexity index is 1070. The molecule has 1 amide bonds. The summed E-state index contributed by atoms with van der Waals surface area (Å²) in [6.45, 7) is 4.83. The Labute approximate surface area is 188 Å². The number of rotatable bonds is 6. The molecule has 5 heteroatoms. The molecule has 1 saturated heterocycles. The van der Waals surface area contributed by atoms with Crippen molar-refractivity contribution < 1.29 is 13.6 Å². The highest BCUT2D eigenvalue weighted by Gasteiger charge is 2.23. The van der Waals surface area contributed by atoms with E-state index in [2.05, 4.69) is 22.3 Å². The summed E-state index contributed by atoms with van der Waals surface area (Å²) < 4.78 is 26.9. The minimum Gasteiger partial charge on any atom is -0.348 e. The average Bonchev–Trinajstić information content (AvgIpc) is 2.81. The van der Waals surface area contributed by atoms with Gasteiger partial charge in [-0.25, -0.2) is 8.78 Å². The largest absolute Gasteiger partial charge is 0.348 e. The Morgan fingerprint density at radius 3 is 2.44 bits per heavy atom. The van der Waals surface area contributed by atoms with Crippen molar-refractivity contribution in [3.8, 4) is 0 Å². The van der Waals surface area contributed by atoms with Gasteiger partial charge in [0.25, 0.3) is 5.91 Å². The standard InChI is InChI=1S/C27H28F2N2O/c1-19-24(7-4-8-26(19)29)27(32)30-17-22-5-2-3-6-25(22)21-13-15-31(16-14-21)18-20-9-11-23(28)12-10-20/h2-12,21H,13-18H2,1H3,(H,30,32). The molecule has 0 aromatic heterocycles. The van der Waals surface area contributed by atoms with E-state index in [1.165, 1.54) is 23.8 Å². The van der Waals surface area contributed by atoms with Gasteiger partial charge in [0.15, 0.2) is 0 Å². The summed E-state index contributed by atoms with van der Waals surface area (Å²) in [5.74, 6) is -0.399. The first-order valence-electron chi connectivity index (χ1n) is 11.1. The smallest absolute Gasteiger partial charge is 0.251 e. The van der Waals surface area contributed by atoms with Crippen molar-refractivity contribution >= 4 is 5.91 Å². The van der Waals surface area contributed by atoms with Crippen LogP contribution in [0, 0.1) is 18.6 Å².